The molecule has 0 aliphatic carbocycles. The highest BCUT2D eigenvalue weighted by Crippen LogP contribution is 2.15. The van der Waals surface area contributed by atoms with E-state index in [4.69, 9.17) is 4.52 Å². The van der Waals surface area contributed by atoms with Crippen LogP contribution in [0.3, 0.4) is 0 Å². The number of carbonyl (C=O) groups excluding carboxylic acids is 1. The van der Waals surface area contributed by atoms with Crippen LogP contribution >= 0.6 is 0 Å². The predicted molar refractivity (Wildman–Crippen MR) is 94.3 cm³/mol. The van der Waals surface area contributed by atoms with Gasteiger partial charge in [0.1, 0.15) is 5.76 Å². The molecule has 1 aliphatic rings. The molecule has 1 saturated heterocycles. The van der Waals surface area contributed by atoms with Crippen LogP contribution in [0.4, 0.5) is 5.82 Å². The van der Waals surface area contributed by atoms with Gasteiger partial charge < -0.3 is 9.84 Å². The van der Waals surface area contributed by atoms with Crippen LogP contribution in [0, 0.1) is 6.92 Å². The maximum absolute atomic E-state index is 12.5. The van der Waals surface area contributed by atoms with Crippen molar-refractivity contribution in [2.75, 3.05) is 44.6 Å². The van der Waals surface area contributed by atoms with E-state index in [0.29, 0.717) is 50.8 Å². The highest BCUT2D eigenvalue weighted by Gasteiger charge is 2.33. The largest absolute Gasteiger partial charge is 0.360 e. The third-order valence-electron chi connectivity index (χ3n) is 4.44. The summed E-state index contributed by atoms with van der Waals surface area (Å²) in [5.74, 6) is 0.823. The molecular formula is C15H27N5O4S. The number of aromatic nitrogens is 1. The number of piperazine rings is 1. The average molecular weight is 373 g/mol. The number of nitrogens with zero attached hydrogens (tertiary/aromatic N) is 4. The molecule has 0 radical (unpaired) electrons. The van der Waals surface area contributed by atoms with E-state index in [1.807, 2.05) is 18.7 Å². The van der Waals surface area contributed by atoms with Gasteiger partial charge in [0.2, 0.25) is 5.91 Å². The molecule has 0 saturated carbocycles. The van der Waals surface area contributed by atoms with Crippen LogP contribution in [-0.2, 0) is 15.0 Å². The van der Waals surface area contributed by atoms with Gasteiger partial charge in [0.25, 0.3) is 10.2 Å². The van der Waals surface area contributed by atoms with E-state index in [2.05, 4.69) is 10.5 Å². The van der Waals surface area contributed by atoms with Crippen molar-refractivity contribution in [2.45, 2.75) is 33.7 Å². The van der Waals surface area contributed by atoms with E-state index in [1.165, 1.54) is 8.61 Å². The number of anilines is 1. The quantitative estimate of drug-likeness (QED) is 0.748. The zero-order valence-electron chi connectivity index (χ0n) is 15.2. The molecule has 0 bridgehead atoms. The lowest BCUT2D eigenvalue weighted by molar-refractivity contribution is -0.121. The average Bonchev–Trinajstić information content (AvgIpc) is 3.00. The van der Waals surface area contributed by atoms with Gasteiger partial charge in [0.05, 0.1) is 6.04 Å². The van der Waals surface area contributed by atoms with Crippen LogP contribution in [0.25, 0.3) is 0 Å². The topological polar surface area (TPSA) is 99.0 Å². The van der Waals surface area contributed by atoms with Crippen LogP contribution in [0.1, 0.15) is 26.5 Å². The van der Waals surface area contributed by atoms with E-state index in [0.717, 1.165) is 0 Å². The zero-order valence-corrected chi connectivity index (χ0v) is 16.0. The van der Waals surface area contributed by atoms with Gasteiger partial charge in [-0.1, -0.05) is 19.0 Å². The molecule has 1 fully saturated rings. The first kappa shape index (κ1) is 19.8. The molecule has 0 spiro atoms. The molecule has 1 aromatic rings. The minimum absolute atomic E-state index is 0.187. The molecule has 142 valence electrons. The minimum atomic E-state index is -3.42. The lowest BCUT2D eigenvalue weighted by Crippen LogP contribution is -2.56. The molecule has 9 nitrogen and oxygen atoms in total. The lowest BCUT2D eigenvalue weighted by Gasteiger charge is -2.38. The smallest absolute Gasteiger partial charge is 0.282 e. The Labute approximate surface area is 149 Å². The Balaban J connectivity index is 1.91. The van der Waals surface area contributed by atoms with Gasteiger partial charge in [0, 0.05) is 45.3 Å². The SMILES string of the molecule is CCN(CC)S(=O)(=O)N1CCN([C@@H](C)C(=O)Nc2cc(C)on2)CC1. The molecule has 10 heteroatoms. The number of hydrogen-bond donors (Lipinski definition) is 1. The van der Waals surface area contributed by atoms with Crippen molar-refractivity contribution in [3.05, 3.63) is 11.8 Å². The Morgan fingerprint density at radius 3 is 2.40 bits per heavy atom. The van der Waals surface area contributed by atoms with Gasteiger partial charge in [0.15, 0.2) is 5.82 Å². The number of carbonyl (C=O) groups is 1. The van der Waals surface area contributed by atoms with Gasteiger partial charge in [-0.25, -0.2) is 0 Å². The summed E-state index contributed by atoms with van der Waals surface area (Å²) in [6.07, 6.45) is 0. The van der Waals surface area contributed by atoms with Gasteiger partial charge in [-0.05, 0) is 13.8 Å². The van der Waals surface area contributed by atoms with E-state index in [-0.39, 0.29) is 11.9 Å². The molecule has 1 atom stereocenters. The first-order chi connectivity index (χ1) is 11.8. The fourth-order valence-corrected chi connectivity index (χ4v) is 4.46. The Kier molecular flexibility index (Phi) is 6.55. The predicted octanol–water partition coefficient (Wildman–Crippen LogP) is 0.514. The normalized spacial score (nSPS) is 18.4. The standard InChI is InChI=1S/C15H27N5O4S/c1-5-19(6-2)25(22,23)20-9-7-18(8-10-20)13(4)15(21)16-14-11-12(3)24-17-14/h11,13H,5-10H2,1-4H3,(H,16,17,21)/t13-/m0/s1. The molecular weight excluding hydrogens is 346 g/mol. The number of nitrogens with one attached hydrogen (secondary N) is 1. The van der Waals surface area contributed by atoms with Crippen molar-refractivity contribution in [3.63, 3.8) is 0 Å². The molecule has 2 heterocycles. The van der Waals surface area contributed by atoms with E-state index in [9.17, 15) is 13.2 Å². The van der Waals surface area contributed by atoms with E-state index in [1.54, 1.807) is 19.9 Å². The maximum atomic E-state index is 12.5. The summed E-state index contributed by atoms with van der Waals surface area (Å²) < 4.78 is 32.9. The van der Waals surface area contributed by atoms with E-state index >= 15 is 0 Å². The first-order valence-corrected chi connectivity index (χ1v) is 9.92. The number of amides is 1. The fraction of sp³-hybridized carbons (Fsp3) is 0.733. The highest BCUT2D eigenvalue weighted by molar-refractivity contribution is 7.86. The van der Waals surface area contributed by atoms with Crippen molar-refractivity contribution in [1.29, 1.82) is 0 Å². The van der Waals surface area contributed by atoms with Crippen molar-refractivity contribution in [1.82, 2.24) is 18.7 Å². The van der Waals surface area contributed by atoms with E-state index < -0.39 is 10.2 Å². The van der Waals surface area contributed by atoms with Crippen LogP contribution in [0.15, 0.2) is 10.6 Å². The summed E-state index contributed by atoms with van der Waals surface area (Å²) in [4.78, 5) is 14.3. The molecule has 25 heavy (non-hydrogen) atoms. The third kappa shape index (κ3) is 4.57. The van der Waals surface area contributed by atoms with Crippen LogP contribution < -0.4 is 5.32 Å². The summed E-state index contributed by atoms with van der Waals surface area (Å²) in [6, 6.07) is 1.27. The van der Waals surface area contributed by atoms with Gasteiger partial charge in [-0.3, -0.25) is 9.69 Å². The maximum Gasteiger partial charge on any atom is 0.282 e. The van der Waals surface area contributed by atoms with Crippen molar-refractivity contribution in [2.24, 2.45) is 0 Å². The summed E-state index contributed by atoms with van der Waals surface area (Å²) >= 11 is 0. The van der Waals surface area contributed by atoms with Gasteiger partial charge in [-0.15, -0.1) is 0 Å². The van der Waals surface area contributed by atoms with Crippen LogP contribution in [0.5, 0.6) is 0 Å². The molecule has 0 aromatic carbocycles. The minimum Gasteiger partial charge on any atom is -0.360 e. The third-order valence-corrected chi connectivity index (χ3v) is 6.62. The second-order valence-electron chi connectivity index (χ2n) is 6.02. The number of aryl methyl sites for hydroxylation is 1. The molecule has 1 aliphatic heterocycles. The fourth-order valence-electron chi connectivity index (χ4n) is 2.86. The van der Waals surface area contributed by atoms with Crippen LogP contribution in [0.2, 0.25) is 0 Å². The van der Waals surface area contributed by atoms with Crippen LogP contribution in [-0.4, -0.2) is 78.3 Å². The molecule has 0 unspecified atom stereocenters. The van der Waals surface area contributed by atoms with Crippen molar-refractivity contribution in [3.8, 4) is 0 Å². The second kappa shape index (κ2) is 8.26. The Morgan fingerprint density at radius 2 is 1.92 bits per heavy atom. The molecule has 1 N–H and O–H groups in total. The Bertz CT molecular complexity index is 678. The molecule has 1 aromatic heterocycles. The van der Waals surface area contributed by atoms with Crippen molar-refractivity contribution >= 4 is 21.9 Å². The molecule has 1 amide bonds. The summed E-state index contributed by atoms with van der Waals surface area (Å²) in [5, 5.41) is 6.46. The number of rotatable bonds is 7. The monoisotopic (exact) mass is 373 g/mol. The van der Waals surface area contributed by atoms with Gasteiger partial charge in [-0.2, -0.15) is 17.0 Å². The Hall–Kier alpha value is -1.49. The summed E-state index contributed by atoms with van der Waals surface area (Å²) in [5.41, 5.74) is 0. The Morgan fingerprint density at radius 1 is 1.32 bits per heavy atom. The number of hydrogen-bond acceptors (Lipinski definition) is 6. The first-order valence-electron chi connectivity index (χ1n) is 8.53. The summed E-state index contributed by atoms with van der Waals surface area (Å²) in [7, 11) is -3.42. The highest BCUT2D eigenvalue weighted by atomic mass is 32.2. The molecule has 2 rings (SSSR count). The lowest BCUT2D eigenvalue weighted by atomic mass is 10.2. The van der Waals surface area contributed by atoms with Gasteiger partial charge >= 0.3 is 0 Å². The van der Waals surface area contributed by atoms with Crippen molar-refractivity contribution < 1.29 is 17.7 Å². The second-order valence-corrected chi connectivity index (χ2v) is 7.94. The summed E-state index contributed by atoms with van der Waals surface area (Å²) in [6.45, 7) is 9.88. The zero-order chi connectivity index (χ0) is 18.6.